The smallest absolute Gasteiger partial charge is 0.383 e. The van der Waals surface area contributed by atoms with E-state index in [9.17, 15) is 18.0 Å². The van der Waals surface area contributed by atoms with Crippen molar-refractivity contribution in [2.24, 2.45) is 0 Å². The first-order valence-electron chi connectivity index (χ1n) is 7.51. The first kappa shape index (κ1) is 16.4. The number of hydrogen-bond donors (Lipinski definition) is 1. The van der Waals surface area contributed by atoms with Crippen LogP contribution in [-0.2, 0) is 11.0 Å². The minimum Gasteiger partial charge on any atom is -0.383 e. The van der Waals surface area contributed by atoms with E-state index in [1.54, 1.807) is 4.90 Å². The number of carbonyl (C=O) groups is 1. The number of carbonyl (C=O) groups excluding carboxylic acids is 1. The van der Waals surface area contributed by atoms with E-state index in [4.69, 9.17) is 5.73 Å². The van der Waals surface area contributed by atoms with Gasteiger partial charge in [-0.1, -0.05) is 0 Å². The highest BCUT2D eigenvalue weighted by Crippen LogP contribution is 2.38. The van der Waals surface area contributed by atoms with Crippen LogP contribution in [0.4, 0.5) is 19.0 Å². The lowest BCUT2D eigenvalue weighted by molar-refractivity contribution is -0.136. The maximum atomic E-state index is 13.4. The van der Waals surface area contributed by atoms with Gasteiger partial charge in [-0.15, -0.1) is 0 Å². The molecular weight excluding hydrogens is 323 g/mol. The number of piperidine rings is 1. The van der Waals surface area contributed by atoms with Crippen molar-refractivity contribution >= 4 is 22.8 Å². The van der Waals surface area contributed by atoms with Gasteiger partial charge in [0.25, 0.3) is 0 Å². The number of aromatic nitrogens is 3. The van der Waals surface area contributed by atoms with Crippen molar-refractivity contribution in [3.63, 3.8) is 0 Å². The van der Waals surface area contributed by atoms with E-state index in [2.05, 4.69) is 15.0 Å². The summed E-state index contributed by atoms with van der Waals surface area (Å²) in [7, 11) is 0. The number of nitrogen functional groups attached to an aromatic ring is 1. The second kappa shape index (κ2) is 5.88. The lowest BCUT2D eigenvalue weighted by Crippen LogP contribution is -2.38. The Kier molecular flexibility index (Phi) is 4.02. The molecule has 2 aromatic heterocycles. The zero-order chi connectivity index (χ0) is 17.5. The molecule has 2 N–H and O–H groups in total. The molecule has 1 atom stereocenters. The summed E-state index contributed by atoms with van der Waals surface area (Å²) in [6.45, 7) is 2.41. The van der Waals surface area contributed by atoms with Crippen molar-refractivity contribution in [3.8, 4) is 0 Å². The van der Waals surface area contributed by atoms with Crippen LogP contribution >= 0.6 is 0 Å². The Balaban J connectivity index is 2.11. The molecule has 0 spiro atoms. The molecule has 2 aromatic rings. The van der Waals surface area contributed by atoms with E-state index in [-0.39, 0.29) is 34.4 Å². The Morgan fingerprint density at radius 3 is 2.79 bits per heavy atom. The zero-order valence-corrected chi connectivity index (χ0v) is 13.0. The molecular formula is C15H16F3N5O. The van der Waals surface area contributed by atoms with Crippen LogP contribution in [0.5, 0.6) is 0 Å². The summed E-state index contributed by atoms with van der Waals surface area (Å²) in [5.41, 5.74) is 4.91. The van der Waals surface area contributed by atoms with Crippen molar-refractivity contribution in [2.45, 2.75) is 31.9 Å². The van der Waals surface area contributed by atoms with Crippen LogP contribution in [0.1, 0.15) is 36.9 Å². The van der Waals surface area contributed by atoms with E-state index in [0.29, 0.717) is 19.5 Å². The van der Waals surface area contributed by atoms with Gasteiger partial charge in [-0.3, -0.25) is 4.79 Å². The topological polar surface area (TPSA) is 85.0 Å². The lowest BCUT2D eigenvalue weighted by Gasteiger charge is -2.32. The van der Waals surface area contributed by atoms with E-state index < -0.39 is 11.7 Å². The molecule has 3 rings (SSSR count). The molecule has 0 aliphatic carbocycles. The van der Waals surface area contributed by atoms with Gasteiger partial charge < -0.3 is 10.6 Å². The number of amides is 1. The summed E-state index contributed by atoms with van der Waals surface area (Å²) in [6.07, 6.45) is -2.11. The zero-order valence-electron chi connectivity index (χ0n) is 13.0. The molecule has 1 aliphatic heterocycles. The molecule has 0 saturated carbocycles. The molecule has 1 amide bonds. The summed E-state index contributed by atoms with van der Waals surface area (Å²) in [5.74, 6) is -0.604. The minimum absolute atomic E-state index is 0.0766. The van der Waals surface area contributed by atoms with Crippen LogP contribution in [-0.4, -0.2) is 38.8 Å². The van der Waals surface area contributed by atoms with Gasteiger partial charge in [0.15, 0.2) is 5.65 Å². The summed E-state index contributed by atoms with van der Waals surface area (Å²) in [5, 5.41) is -0.284. The number of hydrogen-bond acceptors (Lipinski definition) is 5. The number of alkyl halides is 3. The van der Waals surface area contributed by atoms with Gasteiger partial charge in [0.2, 0.25) is 5.91 Å². The molecule has 0 radical (unpaired) electrons. The fraction of sp³-hybridized carbons (Fsp3) is 0.467. The Hall–Kier alpha value is -2.45. The van der Waals surface area contributed by atoms with Gasteiger partial charge in [-0.2, -0.15) is 13.2 Å². The predicted octanol–water partition coefficient (Wildman–Crippen LogP) is 2.35. The van der Waals surface area contributed by atoms with Crippen LogP contribution in [0.15, 0.2) is 12.4 Å². The Morgan fingerprint density at radius 1 is 1.38 bits per heavy atom. The number of likely N-dealkylation sites (tertiary alicyclic amines) is 1. The highest BCUT2D eigenvalue weighted by molar-refractivity contribution is 5.89. The summed E-state index contributed by atoms with van der Waals surface area (Å²) < 4.78 is 40.3. The largest absolute Gasteiger partial charge is 0.417 e. The van der Waals surface area contributed by atoms with Gasteiger partial charge in [-0.05, 0) is 18.9 Å². The summed E-state index contributed by atoms with van der Waals surface area (Å²) >= 11 is 0. The monoisotopic (exact) mass is 339 g/mol. The van der Waals surface area contributed by atoms with Crippen molar-refractivity contribution in [1.82, 2.24) is 19.9 Å². The quantitative estimate of drug-likeness (QED) is 0.862. The number of pyridine rings is 1. The second-order valence-corrected chi connectivity index (χ2v) is 5.85. The molecule has 24 heavy (non-hydrogen) atoms. The Morgan fingerprint density at radius 2 is 2.12 bits per heavy atom. The second-order valence-electron chi connectivity index (χ2n) is 5.85. The average molecular weight is 339 g/mol. The fourth-order valence-corrected chi connectivity index (χ4v) is 3.04. The first-order chi connectivity index (χ1) is 11.3. The number of nitrogens with two attached hydrogens (primary N) is 1. The van der Waals surface area contributed by atoms with Gasteiger partial charge in [0.05, 0.1) is 10.9 Å². The van der Waals surface area contributed by atoms with Gasteiger partial charge in [0.1, 0.15) is 12.1 Å². The van der Waals surface area contributed by atoms with Gasteiger partial charge in [0, 0.05) is 31.6 Å². The normalized spacial score (nSPS) is 18.8. The Bertz CT molecular complexity index is 793. The number of fused-ring (bicyclic) bond motifs is 1. The number of nitrogens with zero attached hydrogens (tertiary/aromatic N) is 4. The van der Waals surface area contributed by atoms with Crippen molar-refractivity contribution in [1.29, 1.82) is 0 Å². The third kappa shape index (κ3) is 2.98. The van der Waals surface area contributed by atoms with Crippen molar-refractivity contribution < 1.29 is 18.0 Å². The molecule has 1 aliphatic rings. The molecule has 9 heteroatoms. The third-order valence-electron chi connectivity index (χ3n) is 4.24. The van der Waals surface area contributed by atoms with Crippen LogP contribution in [0.2, 0.25) is 0 Å². The molecule has 6 nitrogen and oxygen atoms in total. The van der Waals surface area contributed by atoms with Crippen LogP contribution in [0.25, 0.3) is 11.0 Å². The average Bonchev–Trinajstić information content (AvgIpc) is 2.53. The fourth-order valence-electron chi connectivity index (χ4n) is 3.04. The standard InChI is InChI=1S/C15H16F3N5O/c1-8(24)23-4-2-3-9(6-23)11-5-10(15(16,17)18)12-13(19)20-7-21-14(12)22-11/h5,7,9H,2-4,6H2,1H3,(H2,19,20,21,22)/t9-/m1/s1. The highest BCUT2D eigenvalue weighted by atomic mass is 19.4. The molecule has 1 fully saturated rings. The predicted molar refractivity (Wildman–Crippen MR) is 81.0 cm³/mol. The molecule has 0 bridgehead atoms. The molecule has 128 valence electrons. The van der Waals surface area contributed by atoms with Crippen molar-refractivity contribution in [3.05, 3.63) is 23.7 Å². The minimum atomic E-state index is -4.59. The van der Waals surface area contributed by atoms with Gasteiger partial charge in [-0.25, -0.2) is 15.0 Å². The summed E-state index contributed by atoms with van der Waals surface area (Å²) in [4.78, 5) is 24.9. The summed E-state index contributed by atoms with van der Waals surface area (Å²) in [6, 6.07) is 1.01. The van der Waals surface area contributed by atoms with Crippen LogP contribution in [0.3, 0.4) is 0 Å². The molecule has 0 aromatic carbocycles. The third-order valence-corrected chi connectivity index (χ3v) is 4.24. The van der Waals surface area contributed by atoms with E-state index in [1.165, 1.54) is 6.92 Å². The lowest BCUT2D eigenvalue weighted by atomic mass is 9.92. The highest BCUT2D eigenvalue weighted by Gasteiger charge is 2.36. The molecule has 1 saturated heterocycles. The molecule has 0 unspecified atom stereocenters. The Labute approximate surface area is 135 Å². The number of rotatable bonds is 1. The number of anilines is 1. The number of halogens is 3. The first-order valence-corrected chi connectivity index (χ1v) is 7.51. The van der Waals surface area contributed by atoms with Crippen LogP contribution < -0.4 is 5.73 Å². The van der Waals surface area contributed by atoms with E-state index in [0.717, 1.165) is 18.8 Å². The molecule has 3 heterocycles. The van der Waals surface area contributed by atoms with Gasteiger partial charge >= 0.3 is 6.18 Å². The van der Waals surface area contributed by atoms with Crippen LogP contribution in [0, 0.1) is 0 Å². The maximum Gasteiger partial charge on any atom is 0.417 e. The maximum absolute atomic E-state index is 13.4. The van der Waals surface area contributed by atoms with E-state index in [1.807, 2.05) is 0 Å². The SMILES string of the molecule is CC(=O)N1CCC[C@@H](c2cc(C(F)(F)F)c3c(N)ncnc3n2)C1. The van der Waals surface area contributed by atoms with E-state index >= 15 is 0 Å². The van der Waals surface area contributed by atoms with Crippen molar-refractivity contribution in [2.75, 3.05) is 18.8 Å².